The van der Waals surface area contributed by atoms with Crippen molar-refractivity contribution in [3.63, 3.8) is 0 Å². The van der Waals surface area contributed by atoms with Crippen molar-refractivity contribution in [2.45, 2.75) is 19.8 Å². The number of carbonyl (C=O) groups excluding carboxylic acids is 2. The van der Waals surface area contributed by atoms with Gasteiger partial charge in [0.25, 0.3) is 11.8 Å². The second kappa shape index (κ2) is 10.6. The third kappa shape index (κ3) is 5.33. The minimum atomic E-state index is -0.610. The molecule has 0 bridgehead atoms. The summed E-state index contributed by atoms with van der Waals surface area (Å²) in [7, 11) is 1.48. The molecule has 1 heterocycles. The first kappa shape index (κ1) is 23.0. The molecule has 2 amide bonds. The van der Waals surface area contributed by atoms with E-state index in [0.29, 0.717) is 23.8 Å². The molecule has 0 spiro atoms. The Morgan fingerprint density at radius 3 is 2.50 bits per heavy atom. The molecule has 0 aliphatic rings. The summed E-state index contributed by atoms with van der Waals surface area (Å²) in [6.07, 6.45) is 3.30. The number of halogens is 1. The Bertz CT molecular complexity index is 1160. The highest BCUT2D eigenvalue weighted by molar-refractivity contribution is 7.71. The molecule has 3 N–H and O–H groups in total. The number of hydrazine groups is 1. The van der Waals surface area contributed by atoms with Gasteiger partial charge >= 0.3 is 0 Å². The minimum absolute atomic E-state index is 0.138. The monoisotopic (exact) mass is 458 g/mol. The number of aromatic nitrogens is 2. The SMILES string of the molecule is CCCCOc1ccc(C(=O)NNC(=O)c2c[nH]c(=S)n2-c2ccc(F)cc2)cc1OC. The quantitative estimate of drug-likeness (QED) is 0.270. The highest BCUT2D eigenvalue weighted by atomic mass is 32.1. The van der Waals surface area contributed by atoms with Crippen molar-refractivity contribution in [2.24, 2.45) is 0 Å². The second-order valence-electron chi connectivity index (χ2n) is 6.77. The van der Waals surface area contributed by atoms with Gasteiger partial charge in [-0.05, 0) is 61.1 Å². The molecule has 0 saturated heterocycles. The van der Waals surface area contributed by atoms with Crippen LogP contribution >= 0.6 is 12.2 Å². The lowest BCUT2D eigenvalue weighted by Gasteiger charge is -2.13. The van der Waals surface area contributed by atoms with Gasteiger partial charge in [0.1, 0.15) is 11.5 Å². The molecule has 32 heavy (non-hydrogen) atoms. The summed E-state index contributed by atoms with van der Waals surface area (Å²) >= 11 is 5.22. The van der Waals surface area contributed by atoms with Crippen molar-refractivity contribution < 1.29 is 23.5 Å². The van der Waals surface area contributed by atoms with Crippen molar-refractivity contribution in [1.82, 2.24) is 20.4 Å². The summed E-state index contributed by atoms with van der Waals surface area (Å²) < 4.78 is 25.9. The maximum absolute atomic E-state index is 13.2. The van der Waals surface area contributed by atoms with Crippen LogP contribution in [0.5, 0.6) is 11.5 Å². The highest BCUT2D eigenvalue weighted by Crippen LogP contribution is 2.28. The largest absolute Gasteiger partial charge is 0.493 e. The third-order valence-corrected chi connectivity index (χ3v) is 4.87. The fraction of sp³-hybridized carbons (Fsp3) is 0.227. The van der Waals surface area contributed by atoms with Crippen LogP contribution in [0.2, 0.25) is 0 Å². The maximum Gasteiger partial charge on any atom is 0.288 e. The maximum atomic E-state index is 13.2. The molecule has 3 aromatic rings. The van der Waals surface area contributed by atoms with Crippen molar-refractivity contribution in [3.05, 3.63) is 70.5 Å². The molecule has 8 nitrogen and oxygen atoms in total. The summed E-state index contributed by atoms with van der Waals surface area (Å²) in [5.41, 5.74) is 5.62. The molecular formula is C22H23FN4O4S. The number of H-pyrrole nitrogens is 1. The van der Waals surface area contributed by atoms with Crippen molar-refractivity contribution in [3.8, 4) is 17.2 Å². The zero-order chi connectivity index (χ0) is 23.1. The molecule has 10 heteroatoms. The minimum Gasteiger partial charge on any atom is -0.493 e. The lowest BCUT2D eigenvalue weighted by atomic mass is 10.2. The number of imidazole rings is 1. The molecule has 0 aliphatic carbocycles. The molecule has 0 fully saturated rings. The van der Waals surface area contributed by atoms with Crippen LogP contribution in [0, 0.1) is 10.6 Å². The van der Waals surface area contributed by atoms with Gasteiger partial charge in [-0.3, -0.25) is 25.0 Å². The first-order chi connectivity index (χ1) is 15.4. The van der Waals surface area contributed by atoms with Crippen molar-refractivity contribution >= 4 is 24.0 Å². The number of hydrogen-bond acceptors (Lipinski definition) is 5. The summed E-state index contributed by atoms with van der Waals surface area (Å²) in [5, 5.41) is 0. The third-order valence-electron chi connectivity index (χ3n) is 4.56. The van der Waals surface area contributed by atoms with E-state index in [9.17, 15) is 14.0 Å². The van der Waals surface area contributed by atoms with Gasteiger partial charge in [-0.1, -0.05) is 13.3 Å². The molecule has 0 radical (unpaired) electrons. The summed E-state index contributed by atoms with van der Waals surface area (Å²) in [6.45, 7) is 2.61. The summed E-state index contributed by atoms with van der Waals surface area (Å²) in [5.74, 6) is -0.616. The van der Waals surface area contributed by atoms with E-state index in [1.54, 1.807) is 12.1 Å². The zero-order valence-electron chi connectivity index (χ0n) is 17.6. The normalized spacial score (nSPS) is 10.5. The molecule has 1 aromatic heterocycles. The smallest absolute Gasteiger partial charge is 0.288 e. The topological polar surface area (TPSA) is 97.4 Å². The highest BCUT2D eigenvalue weighted by Gasteiger charge is 2.17. The Morgan fingerprint density at radius 1 is 1.09 bits per heavy atom. The van der Waals surface area contributed by atoms with Crippen LogP contribution in [0.25, 0.3) is 5.69 Å². The lowest BCUT2D eigenvalue weighted by molar-refractivity contribution is 0.0842. The standard InChI is InChI=1S/C22H23FN4O4S/c1-3-4-11-31-18-10-5-14(12-19(18)30-2)20(28)25-26-21(29)17-13-24-22(32)27(17)16-8-6-15(23)7-9-16/h5-10,12-13H,3-4,11H2,1-2H3,(H,24,32)(H,25,28)(H,26,29). The van der Waals surface area contributed by atoms with Gasteiger partial charge in [0.05, 0.1) is 13.7 Å². The number of unbranched alkanes of at least 4 members (excludes halogenated alkanes) is 1. The van der Waals surface area contributed by atoms with E-state index in [-0.39, 0.29) is 16.0 Å². The van der Waals surface area contributed by atoms with Crippen LogP contribution in [-0.4, -0.2) is 35.1 Å². The van der Waals surface area contributed by atoms with Crippen molar-refractivity contribution in [2.75, 3.05) is 13.7 Å². The number of hydrogen-bond donors (Lipinski definition) is 3. The van der Waals surface area contributed by atoms with Gasteiger partial charge in [-0.25, -0.2) is 4.39 Å². The van der Waals surface area contributed by atoms with E-state index in [2.05, 4.69) is 22.8 Å². The van der Waals surface area contributed by atoms with Crippen LogP contribution in [-0.2, 0) is 0 Å². The molecule has 0 atom stereocenters. The number of aromatic amines is 1. The molecule has 3 rings (SSSR count). The van der Waals surface area contributed by atoms with E-state index >= 15 is 0 Å². The summed E-state index contributed by atoms with van der Waals surface area (Å²) in [4.78, 5) is 27.9. The predicted octanol–water partition coefficient (Wildman–Crippen LogP) is 3.94. The second-order valence-corrected chi connectivity index (χ2v) is 7.15. The van der Waals surface area contributed by atoms with E-state index in [1.165, 1.54) is 48.2 Å². The predicted molar refractivity (Wildman–Crippen MR) is 119 cm³/mol. The van der Waals surface area contributed by atoms with Crippen LogP contribution in [0.1, 0.15) is 40.6 Å². The van der Waals surface area contributed by atoms with Crippen LogP contribution in [0.3, 0.4) is 0 Å². The van der Waals surface area contributed by atoms with Gasteiger partial charge in [0.2, 0.25) is 0 Å². The average Bonchev–Trinajstić information content (AvgIpc) is 3.19. The molecule has 0 saturated carbocycles. The fourth-order valence-electron chi connectivity index (χ4n) is 2.89. The van der Waals surface area contributed by atoms with E-state index in [0.717, 1.165) is 12.8 Å². The van der Waals surface area contributed by atoms with Crippen LogP contribution < -0.4 is 20.3 Å². The number of carbonyl (C=O) groups is 2. The van der Waals surface area contributed by atoms with E-state index in [4.69, 9.17) is 21.7 Å². The van der Waals surface area contributed by atoms with Gasteiger partial charge in [-0.15, -0.1) is 0 Å². The Kier molecular flexibility index (Phi) is 7.61. The Morgan fingerprint density at radius 2 is 1.81 bits per heavy atom. The number of rotatable bonds is 8. The molecule has 0 aliphatic heterocycles. The number of amides is 2. The average molecular weight is 459 g/mol. The van der Waals surface area contributed by atoms with Gasteiger partial charge in [0.15, 0.2) is 16.3 Å². The van der Waals surface area contributed by atoms with E-state index < -0.39 is 17.6 Å². The lowest BCUT2D eigenvalue weighted by Crippen LogP contribution is -2.42. The first-order valence-corrected chi connectivity index (χ1v) is 10.3. The molecule has 2 aromatic carbocycles. The number of benzene rings is 2. The van der Waals surface area contributed by atoms with Gasteiger partial charge in [-0.2, -0.15) is 0 Å². The fourth-order valence-corrected chi connectivity index (χ4v) is 3.15. The number of nitrogens with one attached hydrogen (secondary N) is 3. The Hall–Kier alpha value is -3.66. The molecular weight excluding hydrogens is 435 g/mol. The van der Waals surface area contributed by atoms with Crippen molar-refractivity contribution in [1.29, 1.82) is 0 Å². The van der Waals surface area contributed by atoms with Crippen LogP contribution in [0.15, 0.2) is 48.7 Å². The Labute approximate surface area is 189 Å². The van der Waals surface area contributed by atoms with Gasteiger partial charge < -0.3 is 14.5 Å². The number of ether oxygens (including phenoxy) is 2. The Balaban J connectivity index is 1.70. The molecule has 0 unspecified atom stereocenters. The number of nitrogens with zero attached hydrogens (tertiary/aromatic N) is 1. The summed E-state index contributed by atoms with van der Waals surface area (Å²) in [6, 6.07) is 10.2. The zero-order valence-corrected chi connectivity index (χ0v) is 18.4. The van der Waals surface area contributed by atoms with Gasteiger partial charge in [0, 0.05) is 17.4 Å². The van der Waals surface area contributed by atoms with E-state index in [1.807, 2.05) is 0 Å². The van der Waals surface area contributed by atoms with Crippen LogP contribution in [0.4, 0.5) is 4.39 Å². The molecule has 168 valence electrons. The number of methoxy groups -OCH3 is 1. The first-order valence-electron chi connectivity index (χ1n) is 9.92.